The van der Waals surface area contributed by atoms with Crippen molar-refractivity contribution in [1.29, 1.82) is 0 Å². The Hall–Kier alpha value is -1.57. The molecule has 0 aliphatic heterocycles. The normalized spacial score (nSPS) is 13.2. The van der Waals surface area contributed by atoms with Gasteiger partial charge in [-0.05, 0) is 17.5 Å². The van der Waals surface area contributed by atoms with Crippen molar-refractivity contribution < 1.29 is 9.90 Å². The lowest BCUT2D eigenvalue weighted by atomic mass is 9.76. The van der Waals surface area contributed by atoms with Crippen LogP contribution in [0.25, 0.3) is 0 Å². The Kier molecular flexibility index (Phi) is 3.53. The summed E-state index contributed by atoms with van der Waals surface area (Å²) in [5.74, 6) is -0.222. The summed E-state index contributed by atoms with van der Waals surface area (Å²) in [6.07, 6.45) is 1.77. The van der Waals surface area contributed by atoms with Crippen LogP contribution >= 0.6 is 0 Å². The van der Waals surface area contributed by atoms with Crippen molar-refractivity contribution in [1.82, 2.24) is 0 Å². The minimum absolute atomic E-state index is 0.0409. The van der Waals surface area contributed by atoms with Gasteiger partial charge in [-0.15, -0.1) is 6.58 Å². The van der Waals surface area contributed by atoms with Gasteiger partial charge in [0, 0.05) is 5.92 Å². The first-order valence-electron chi connectivity index (χ1n) is 5.36. The van der Waals surface area contributed by atoms with Gasteiger partial charge in [-0.25, -0.2) is 0 Å². The van der Waals surface area contributed by atoms with Crippen LogP contribution in [0.15, 0.2) is 36.9 Å². The van der Waals surface area contributed by atoms with Crippen molar-refractivity contribution in [2.45, 2.75) is 20.8 Å². The summed E-state index contributed by atoms with van der Waals surface area (Å²) in [4.78, 5) is 12.2. The third-order valence-electron chi connectivity index (χ3n) is 3.20. The number of para-hydroxylation sites is 1. The van der Waals surface area contributed by atoms with Gasteiger partial charge < -0.3 is 5.11 Å². The fraction of sp³-hybridized carbons (Fsp3) is 0.357. The van der Waals surface area contributed by atoms with E-state index in [4.69, 9.17) is 0 Å². The van der Waals surface area contributed by atoms with E-state index in [1.54, 1.807) is 24.3 Å². The van der Waals surface area contributed by atoms with Crippen LogP contribution in [0, 0.1) is 11.3 Å². The highest BCUT2D eigenvalue weighted by Crippen LogP contribution is 2.32. The third kappa shape index (κ3) is 2.32. The number of carbonyl (C=O) groups excluding carboxylic acids is 1. The van der Waals surface area contributed by atoms with E-state index in [0.29, 0.717) is 5.56 Å². The molecule has 1 rings (SSSR count). The average molecular weight is 218 g/mol. The van der Waals surface area contributed by atoms with Crippen molar-refractivity contribution in [2.24, 2.45) is 11.3 Å². The van der Waals surface area contributed by atoms with Gasteiger partial charge in [0.15, 0.2) is 5.78 Å². The second kappa shape index (κ2) is 4.52. The van der Waals surface area contributed by atoms with E-state index < -0.39 is 0 Å². The van der Waals surface area contributed by atoms with Gasteiger partial charge in [0.05, 0.1) is 5.56 Å². The number of phenols is 1. The molecule has 0 aliphatic carbocycles. The number of ketones is 1. The van der Waals surface area contributed by atoms with E-state index in [1.165, 1.54) is 6.07 Å². The molecule has 0 spiro atoms. The minimum Gasteiger partial charge on any atom is -0.507 e. The van der Waals surface area contributed by atoms with Gasteiger partial charge in [-0.1, -0.05) is 39.0 Å². The van der Waals surface area contributed by atoms with Crippen molar-refractivity contribution in [3.63, 3.8) is 0 Å². The number of phenolic OH excluding ortho intramolecular Hbond substituents is 1. The molecular weight excluding hydrogens is 200 g/mol. The number of aromatic hydroxyl groups is 1. The fourth-order valence-corrected chi connectivity index (χ4v) is 1.43. The molecule has 1 N–H and O–H groups in total. The summed E-state index contributed by atoms with van der Waals surface area (Å²) in [7, 11) is 0. The first-order valence-corrected chi connectivity index (χ1v) is 5.36. The van der Waals surface area contributed by atoms with Gasteiger partial charge in [0.25, 0.3) is 0 Å². The number of allylic oxidation sites excluding steroid dienone is 1. The molecule has 0 aromatic heterocycles. The van der Waals surface area contributed by atoms with Crippen molar-refractivity contribution in [3.8, 4) is 5.75 Å². The molecular formula is C14H18O2. The molecule has 2 nitrogen and oxygen atoms in total. The van der Waals surface area contributed by atoms with Gasteiger partial charge in [-0.2, -0.15) is 0 Å². The Balaban J connectivity index is 3.04. The molecule has 0 heterocycles. The molecule has 1 unspecified atom stereocenters. The van der Waals surface area contributed by atoms with Gasteiger partial charge in [-0.3, -0.25) is 4.79 Å². The first-order chi connectivity index (χ1) is 7.40. The van der Waals surface area contributed by atoms with Crippen molar-refractivity contribution >= 4 is 5.78 Å². The Morgan fingerprint density at radius 2 is 2.00 bits per heavy atom. The van der Waals surface area contributed by atoms with E-state index >= 15 is 0 Å². The predicted octanol–water partition coefficient (Wildman–Crippen LogP) is 3.42. The van der Waals surface area contributed by atoms with E-state index in [2.05, 4.69) is 6.58 Å². The van der Waals surface area contributed by atoms with Crippen molar-refractivity contribution in [2.75, 3.05) is 0 Å². The maximum absolute atomic E-state index is 12.2. The molecule has 1 aromatic rings. The summed E-state index contributed by atoms with van der Waals surface area (Å²) in [6.45, 7) is 9.52. The Labute approximate surface area is 96.6 Å². The van der Waals surface area contributed by atoms with Gasteiger partial charge >= 0.3 is 0 Å². The highest BCUT2D eigenvalue weighted by Gasteiger charge is 2.30. The lowest BCUT2D eigenvalue weighted by Crippen LogP contribution is -2.26. The molecule has 0 radical (unpaired) electrons. The average Bonchev–Trinajstić information content (AvgIpc) is 2.27. The number of rotatable bonds is 4. The number of carbonyl (C=O) groups is 1. The molecule has 0 saturated carbocycles. The third-order valence-corrected chi connectivity index (χ3v) is 3.20. The number of benzene rings is 1. The zero-order valence-corrected chi connectivity index (χ0v) is 10.0. The Morgan fingerprint density at radius 3 is 2.50 bits per heavy atom. The highest BCUT2D eigenvalue weighted by molar-refractivity contribution is 6.00. The molecule has 86 valence electrons. The van der Waals surface area contributed by atoms with Crippen LogP contribution in [0.4, 0.5) is 0 Å². The summed E-state index contributed by atoms with van der Waals surface area (Å²) < 4.78 is 0. The quantitative estimate of drug-likeness (QED) is 0.621. The molecule has 0 saturated heterocycles. The minimum atomic E-state index is -0.278. The van der Waals surface area contributed by atoms with Crippen LogP contribution < -0.4 is 0 Å². The van der Waals surface area contributed by atoms with Crippen molar-refractivity contribution in [3.05, 3.63) is 42.5 Å². The Morgan fingerprint density at radius 1 is 1.44 bits per heavy atom. The molecule has 0 fully saturated rings. The topological polar surface area (TPSA) is 37.3 Å². The van der Waals surface area contributed by atoms with Crippen LogP contribution in [0.2, 0.25) is 0 Å². The van der Waals surface area contributed by atoms with E-state index in [-0.39, 0.29) is 22.9 Å². The monoisotopic (exact) mass is 218 g/mol. The maximum atomic E-state index is 12.2. The zero-order chi connectivity index (χ0) is 12.3. The highest BCUT2D eigenvalue weighted by atomic mass is 16.3. The van der Waals surface area contributed by atoms with Crippen LogP contribution in [-0.4, -0.2) is 10.9 Å². The number of Topliss-reactive ketones (excluding diaryl/α,β-unsaturated/α-hetero) is 1. The van der Waals surface area contributed by atoms with Gasteiger partial charge in [0.2, 0.25) is 0 Å². The predicted molar refractivity (Wildman–Crippen MR) is 65.6 cm³/mol. The number of hydrogen-bond donors (Lipinski definition) is 1. The summed E-state index contributed by atoms with van der Waals surface area (Å²) in [5.41, 5.74) is 0.101. The molecule has 0 bridgehead atoms. The van der Waals surface area contributed by atoms with E-state index in [1.807, 2.05) is 20.8 Å². The largest absolute Gasteiger partial charge is 0.507 e. The molecule has 2 heteroatoms. The smallest absolute Gasteiger partial charge is 0.170 e. The van der Waals surface area contributed by atoms with Crippen LogP contribution in [-0.2, 0) is 0 Å². The molecule has 0 amide bonds. The van der Waals surface area contributed by atoms with E-state index in [9.17, 15) is 9.90 Å². The lowest BCUT2D eigenvalue weighted by Gasteiger charge is -2.27. The first kappa shape index (κ1) is 12.5. The fourth-order valence-electron chi connectivity index (χ4n) is 1.43. The van der Waals surface area contributed by atoms with Gasteiger partial charge in [0.1, 0.15) is 5.75 Å². The van der Waals surface area contributed by atoms with Crippen LogP contribution in [0.3, 0.4) is 0 Å². The maximum Gasteiger partial charge on any atom is 0.170 e. The number of hydrogen-bond acceptors (Lipinski definition) is 2. The summed E-state index contributed by atoms with van der Waals surface area (Å²) >= 11 is 0. The summed E-state index contributed by atoms with van der Waals surface area (Å²) in [5, 5.41) is 9.62. The molecule has 0 aliphatic rings. The molecule has 1 atom stereocenters. The standard InChI is InChI=1S/C14H18O2/c1-5-14(3,4)10(2)13(16)11-8-6-7-9-12(11)15/h5-10,15H,1H2,2-4H3. The van der Waals surface area contributed by atoms with E-state index in [0.717, 1.165) is 0 Å². The Bertz CT molecular complexity index is 405. The molecule has 1 aromatic carbocycles. The zero-order valence-electron chi connectivity index (χ0n) is 10.0. The lowest BCUT2D eigenvalue weighted by molar-refractivity contribution is 0.0859. The molecule has 16 heavy (non-hydrogen) atoms. The van der Waals surface area contributed by atoms with Crippen LogP contribution in [0.1, 0.15) is 31.1 Å². The van der Waals surface area contributed by atoms with Crippen LogP contribution in [0.5, 0.6) is 5.75 Å². The second-order valence-corrected chi connectivity index (χ2v) is 4.63. The SMILES string of the molecule is C=CC(C)(C)C(C)C(=O)c1ccccc1O. The second-order valence-electron chi connectivity index (χ2n) is 4.63. The summed E-state index contributed by atoms with van der Waals surface area (Å²) in [6, 6.07) is 6.63.